The van der Waals surface area contributed by atoms with E-state index in [9.17, 15) is 4.79 Å². The van der Waals surface area contributed by atoms with Crippen LogP contribution >= 0.6 is 0 Å². The summed E-state index contributed by atoms with van der Waals surface area (Å²) in [5.41, 5.74) is 1.61. The highest BCUT2D eigenvalue weighted by Crippen LogP contribution is 2.14. The Morgan fingerprint density at radius 3 is 2.44 bits per heavy atom. The van der Waals surface area contributed by atoms with E-state index in [1.807, 2.05) is 30.3 Å². The number of hydrogen-bond donors (Lipinski definition) is 1. The number of hydrogen-bond acceptors (Lipinski definition) is 3. The summed E-state index contributed by atoms with van der Waals surface area (Å²) < 4.78 is 0. The summed E-state index contributed by atoms with van der Waals surface area (Å²) in [4.78, 5) is 13.4. The van der Waals surface area contributed by atoms with E-state index in [0.29, 0.717) is 5.82 Å². The Morgan fingerprint density at radius 1 is 1.19 bits per heavy atom. The van der Waals surface area contributed by atoms with E-state index in [0.717, 1.165) is 11.3 Å². The number of aromatic amines is 1. The molecule has 0 aliphatic carbocycles. The largest absolute Gasteiger partial charge is 0.358 e. The van der Waals surface area contributed by atoms with Gasteiger partial charge in [0.15, 0.2) is 5.82 Å². The van der Waals surface area contributed by atoms with Crippen LogP contribution in [0.5, 0.6) is 0 Å². The molecule has 0 bridgehead atoms. The van der Waals surface area contributed by atoms with E-state index in [4.69, 9.17) is 0 Å². The van der Waals surface area contributed by atoms with Crippen molar-refractivity contribution >= 4 is 5.82 Å². The molecule has 1 aromatic carbocycles. The molecule has 16 heavy (non-hydrogen) atoms. The van der Waals surface area contributed by atoms with E-state index in [-0.39, 0.29) is 5.43 Å². The SMILES string of the molecule is CN(C)c1n[nH]c(-c2ccccc2)cc1=O. The lowest BCUT2D eigenvalue weighted by molar-refractivity contribution is 0.956. The highest BCUT2D eigenvalue weighted by atomic mass is 16.1. The number of nitrogens with zero attached hydrogens (tertiary/aromatic N) is 2. The average molecular weight is 215 g/mol. The summed E-state index contributed by atoms with van der Waals surface area (Å²) in [5.74, 6) is 0.416. The fourth-order valence-corrected chi connectivity index (χ4v) is 1.48. The maximum absolute atomic E-state index is 11.7. The van der Waals surface area contributed by atoms with E-state index in [1.165, 1.54) is 0 Å². The van der Waals surface area contributed by atoms with Crippen molar-refractivity contribution < 1.29 is 0 Å². The average Bonchev–Trinajstić information content (AvgIpc) is 2.29. The Balaban J connectivity index is 2.47. The number of rotatable bonds is 2. The Hall–Kier alpha value is -2.10. The van der Waals surface area contributed by atoms with Gasteiger partial charge in [0.1, 0.15) is 0 Å². The molecule has 1 aromatic heterocycles. The Morgan fingerprint density at radius 2 is 1.88 bits per heavy atom. The van der Waals surface area contributed by atoms with Gasteiger partial charge < -0.3 is 4.90 Å². The molecular weight excluding hydrogens is 202 g/mol. The lowest BCUT2D eigenvalue weighted by Crippen LogP contribution is -2.21. The van der Waals surface area contributed by atoms with Crippen LogP contribution in [0.4, 0.5) is 5.82 Å². The van der Waals surface area contributed by atoms with Crippen molar-refractivity contribution in [1.82, 2.24) is 10.2 Å². The molecule has 4 nitrogen and oxygen atoms in total. The van der Waals surface area contributed by atoms with Crippen molar-refractivity contribution in [1.29, 1.82) is 0 Å². The molecular formula is C12H13N3O. The highest BCUT2D eigenvalue weighted by Gasteiger charge is 2.05. The molecule has 0 saturated carbocycles. The predicted molar refractivity (Wildman–Crippen MR) is 64.6 cm³/mol. The summed E-state index contributed by atoms with van der Waals surface area (Å²) in [7, 11) is 3.58. The van der Waals surface area contributed by atoms with Crippen LogP contribution in [0.3, 0.4) is 0 Å². The first-order valence-corrected chi connectivity index (χ1v) is 5.01. The Labute approximate surface area is 93.5 Å². The van der Waals surface area contributed by atoms with E-state index in [1.54, 1.807) is 25.1 Å². The highest BCUT2D eigenvalue weighted by molar-refractivity contribution is 5.59. The van der Waals surface area contributed by atoms with E-state index < -0.39 is 0 Å². The van der Waals surface area contributed by atoms with Crippen LogP contribution in [0.1, 0.15) is 0 Å². The molecule has 0 atom stereocenters. The van der Waals surface area contributed by atoms with Crippen LogP contribution in [0.15, 0.2) is 41.2 Å². The maximum Gasteiger partial charge on any atom is 0.224 e. The monoisotopic (exact) mass is 215 g/mol. The lowest BCUT2D eigenvalue weighted by atomic mass is 10.1. The second-order valence-electron chi connectivity index (χ2n) is 3.73. The third-order valence-corrected chi connectivity index (χ3v) is 2.29. The van der Waals surface area contributed by atoms with Crippen molar-refractivity contribution in [3.63, 3.8) is 0 Å². The first-order chi connectivity index (χ1) is 7.68. The second kappa shape index (κ2) is 4.18. The predicted octanol–water partition coefficient (Wildman–Crippen LogP) is 1.50. The molecule has 0 amide bonds. The summed E-state index contributed by atoms with van der Waals surface area (Å²) >= 11 is 0. The van der Waals surface area contributed by atoms with Crippen LogP contribution < -0.4 is 10.3 Å². The van der Waals surface area contributed by atoms with Gasteiger partial charge in [0.05, 0.1) is 5.69 Å². The summed E-state index contributed by atoms with van der Waals surface area (Å²) in [5, 5.41) is 6.93. The minimum Gasteiger partial charge on any atom is -0.358 e. The maximum atomic E-state index is 11.7. The molecule has 82 valence electrons. The van der Waals surface area contributed by atoms with Gasteiger partial charge >= 0.3 is 0 Å². The smallest absolute Gasteiger partial charge is 0.224 e. The van der Waals surface area contributed by atoms with Crippen molar-refractivity contribution in [2.24, 2.45) is 0 Å². The van der Waals surface area contributed by atoms with Gasteiger partial charge in [-0.1, -0.05) is 30.3 Å². The molecule has 4 heteroatoms. The Kier molecular flexibility index (Phi) is 2.72. The summed E-state index contributed by atoms with van der Waals surface area (Å²) in [6.07, 6.45) is 0. The molecule has 2 rings (SSSR count). The fraction of sp³-hybridized carbons (Fsp3) is 0.167. The first-order valence-electron chi connectivity index (χ1n) is 5.01. The lowest BCUT2D eigenvalue weighted by Gasteiger charge is -2.10. The number of aromatic nitrogens is 2. The minimum atomic E-state index is -0.0809. The fourth-order valence-electron chi connectivity index (χ4n) is 1.48. The first kappa shape index (κ1) is 10.4. The number of nitrogens with one attached hydrogen (secondary N) is 1. The molecule has 0 unspecified atom stereocenters. The molecule has 1 heterocycles. The number of benzene rings is 1. The molecule has 2 aromatic rings. The van der Waals surface area contributed by atoms with E-state index in [2.05, 4.69) is 10.2 Å². The van der Waals surface area contributed by atoms with Gasteiger partial charge in [-0.15, -0.1) is 0 Å². The van der Waals surface area contributed by atoms with Gasteiger partial charge in [-0.25, -0.2) is 0 Å². The van der Waals surface area contributed by atoms with Gasteiger partial charge in [-0.2, -0.15) is 5.10 Å². The zero-order valence-corrected chi connectivity index (χ0v) is 9.27. The van der Waals surface area contributed by atoms with Gasteiger partial charge in [0.25, 0.3) is 0 Å². The standard InChI is InChI=1S/C12H13N3O/c1-15(2)12-11(16)8-10(13-14-12)9-6-4-3-5-7-9/h3-8H,1-2H3,(H,13,16). The van der Waals surface area contributed by atoms with Crippen LogP contribution in [-0.4, -0.2) is 24.3 Å². The molecule has 1 N–H and O–H groups in total. The number of H-pyrrole nitrogens is 1. The molecule has 0 aliphatic rings. The van der Waals surface area contributed by atoms with Crippen LogP contribution in [0.2, 0.25) is 0 Å². The van der Waals surface area contributed by atoms with Crippen LogP contribution in [0, 0.1) is 0 Å². The minimum absolute atomic E-state index is 0.0809. The summed E-state index contributed by atoms with van der Waals surface area (Å²) in [6.45, 7) is 0. The quantitative estimate of drug-likeness (QED) is 0.826. The van der Waals surface area contributed by atoms with Crippen molar-refractivity contribution in [3.8, 4) is 11.3 Å². The molecule has 0 fully saturated rings. The van der Waals surface area contributed by atoms with Gasteiger partial charge in [0, 0.05) is 20.2 Å². The topological polar surface area (TPSA) is 49.0 Å². The number of anilines is 1. The van der Waals surface area contributed by atoms with Crippen LogP contribution in [0.25, 0.3) is 11.3 Å². The van der Waals surface area contributed by atoms with Crippen molar-refractivity contribution in [2.45, 2.75) is 0 Å². The van der Waals surface area contributed by atoms with Gasteiger partial charge in [-0.05, 0) is 5.56 Å². The van der Waals surface area contributed by atoms with Gasteiger partial charge in [0.2, 0.25) is 5.43 Å². The van der Waals surface area contributed by atoms with E-state index >= 15 is 0 Å². The molecule has 0 aliphatic heterocycles. The normalized spacial score (nSPS) is 10.1. The molecule has 0 spiro atoms. The Bertz CT molecular complexity index is 531. The molecule has 0 radical (unpaired) electrons. The van der Waals surface area contributed by atoms with Crippen molar-refractivity contribution in [3.05, 3.63) is 46.6 Å². The molecule has 0 saturated heterocycles. The van der Waals surface area contributed by atoms with Gasteiger partial charge in [-0.3, -0.25) is 9.89 Å². The zero-order chi connectivity index (χ0) is 11.5. The summed E-state index contributed by atoms with van der Waals surface area (Å²) in [6, 6.07) is 11.2. The third-order valence-electron chi connectivity index (χ3n) is 2.29. The van der Waals surface area contributed by atoms with Crippen LogP contribution in [-0.2, 0) is 0 Å². The third kappa shape index (κ3) is 1.95. The zero-order valence-electron chi connectivity index (χ0n) is 9.27. The van der Waals surface area contributed by atoms with Crippen molar-refractivity contribution in [2.75, 3.05) is 19.0 Å². The second-order valence-corrected chi connectivity index (χ2v) is 3.73.